The van der Waals surface area contributed by atoms with Crippen LogP contribution in [0.4, 0.5) is 4.39 Å². The zero-order valence-electron chi connectivity index (χ0n) is 15.5. The van der Waals surface area contributed by atoms with Crippen LogP contribution in [-0.4, -0.2) is 30.8 Å². The Balaban J connectivity index is 1.89. The normalized spacial score (nSPS) is 10.9. The molecule has 0 saturated carbocycles. The van der Waals surface area contributed by atoms with Gasteiger partial charge in [-0.1, -0.05) is 18.2 Å². The number of methoxy groups -OCH3 is 1. The summed E-state index contributed by atoms with van der Waals surface area (Å²) in [5, 5.41) is 3.79. The molecular weight excluding hydrogens is 347 g/mol. The zero-order valence-corrected chi connectivity index (χ0v) is 15.5. The van der Waals surface area contributed by atoms with Gasteiger partial charge in [0, 0.05) is 25.6 Å². The molecular formula is C21H23FN2O3. The van der Waals surface area contributed by atoms with Crippen LogP contribution in [0.3, 0.4) is 0 Å². The highest BCUT2D eigenvalue weighted by Gasteiger charge is 2.17. The molecule has 2 aromatic carbocycles. The predicted molar refractivity (Wildman–Crippen MR) is 103 cm³/mol. The van der Waals surface area contributed by atoms with E-state index in [0.717, 1.165) is 22.2 Å². The number of hydrogen-bond acceptors (Lipinski definition) is 3. The molecule has 27 heavy (non-hydrogen) atoms. The zero-order chi connectivity index (χ0) is 19.2. The summed E-state index contributed by atoms with van der Waals surface area (Å²) in [7, 11) is 1.63. The number of halogens is 1. The lowest BCUT2D eigenvalue weighted by Crippen LogP contribution is -2.26. The van der Waals surface area contributed by atoms with E-state index in [1.807, 2.05) is 35.8 Å². The minimum absolute atomic E-state index is 0.200. The van der Waals surface area contributed by atoms with Gasteiger partial charge in [0.15, 0.2) is 0 Å². The van der Waals surface area contributed by atoms with Gasteiger partial charge in [-0.15, -0.1) is 0 Å². The number of fused-ring (bicyclic) bond motifs is 1. The van der Waals surface area contributed by atoms with Gasteiger partial charge in [0.25, 0.3) is 5.91 Å². The van der Waals surface area contributed by atoms with Crippen LogP contribution in [-0.2, 0) is 17.8 Å². The van der Waals surface area contributed by atoms with Crippen LogP contribution in [0.25, 0.3) is 10.9 Å². The lowest BCUT2D eigenvalue weighted by molar-refractivity contribution is 0.0939. The Bertz CT molecular complexity index is 919. The fraction of sp³-hybridized carbons (Fsp3) is 0.286. The lowest BCUT2D eigenvalue weighted by Gasteiger charge is -2.11. The van der Waals surface area contributed by atoms with Gasteiger partial charge in [-0.3, -0.25) is 4.79 Å². The standard InChI is InChI=1S/C21H23FN2O3/c1-3-27-20-6-4-5-18-17(20)13-19(24(18)11-12-26-2)21(25)23-14-15-7-9-16(22)10-8-15/h4-10,13H,3,11-12,14H2,1-2H3,(H,23,25). The lowest BCUT2D eigenvalue weighted by atomic mass is 10.2. The minimum atomic E-state index is -0.298. The van der Waals surface area contributed by atoms with Gasteiger partial charge < -0.3 is 19.4 Å². The van der Waals surface area contributed by atoms with E-state index in [-0.39, 0.29) is 11.7 Å². The Hall–Kier alpha value is -2.86. The summed E-state index contributed by atoms with van der Waals surface area (Å²) in [6.45, 7) is 3.84. The van der Waals surface area contributed by atoms with Crippen molar-refractivity contribution >= 4 is 16.8 Å². The summed E-state index contributed by atoms with van der Waals surface area (Å²) < 4.78 is 25.9. The third kappa shape index (κ3) is 4.28. The molecule has 0 aliphatic rings. The van der Waals surface area contributed by atoms with Crippen LogP contribution < -0.4 is 10.1 Å². The first-order valence-corrected chi connectivity index (χ1v) is 8.90. The van der Waals surface area contributed by atoms with Crippen molar-refractivity contribution in [3.63, 3.8) is 0 Å². The molecule has 0 aliphatic carbocycles. The second-order valence-electron chi connectivity index (χ2n) is 6.11. The number of carbonyl (C=O) groups is 1. The van der Waals surface area contributed by atoms with E-state index in [1.165, 1.54) is 12.1 Å². The minimum Gasteiger partial charge on any atom is -0.493 e. The first-order valence-electron chi connectivity index (χ1n) is 8.90. The van der Waals surface area contributed by atoms with Crippen molar-refractivity contribution in [1.82, 2.24) is 9.88 Å². The Morgan fingerprint density at radius 3 is 2.67 bits per heavy atom. The van der Waals surface area contributed by atoms with E-state index >= 15 is 0 Å². The number of amides is 1. The van der Waals surface area contributed by atoms with Gasteiger partial charge in [0.05, 0.1) is 18.7 Å². The Morgan fingerprint density at radius 2 is 1.96 bits per heavy atom. The number of ether oxygens (including phenoxy) is 2. The fourth-order valence-electron chi connectivity index (χ4n) is 3.03. The van der Waals surface area contributed by atoms with Crippen molar-refractivity contribution in [2.24, 2.45) is 0 Å². The molecule has 6 heteroatoms. The first-order chi connectivity index (χ1) is 13.1. The first kappa shape index (κ1) is 18.9. The molecule has 142 valence electrons. The topological polar surface area (TPSA) is 52.5 Å². The molecule has 1 amide bonds. The van der Waals surface area contributed by atoms with E-state index in [0.29, 0.717) is 32.0 Å². The smallest absolute Gasteiger partial charge is 0.268 e. The van der Waals surface area contributed by atoms with E-state index in [1.54, 1.807) is 19.2 Å². The highest BCUT2D eigenvalue weighted by molar-refractivity contribution is 6.00. The van der Waals surface area contributed by atoms with Crippen LogP contribution in [0.15, 0.2) is 48.5 Å². The summed E-state index contributed by atoms with van der Waals surface area (Å²) in [5.74, 6) is 0.251. The highest BCUT2D eigenvalue weighted by Crippen LogP contribution is 2.29. The maximum Gasteiger partial charge on any atom is 0.268 e. The molecule has 0 radical (unpaired) electrons. The SMILES string of the molecule is CCOc1cccc2c1cc(C(=O)NCc1ccc(F)cc1)n2CCOC. The highest BCUT2D eigenvalue weighted by atomic mass is 19.1. The summed E-state index contributed by atoms with van der Waals surface area (Å²) in [6, 6.07) is 13.7. The van der Waals surface area contributed by atoms with Crippen molar-refractivity contribution in [1.29, 1.82) is 0 Å². The second-order valence-corrected chi connectivity index (χ2v) is 6.11. The monoisotopic (exact) mass is 370 g/mol. The number of nitrogens with zero attached hydrogens (tertiary/aromatic N) is 1. The average molecular weight is 370 g/mol. The van der Waals surface area contributed by atoms with Crippen LogP contribution in [0.5, 0.6) is 5.75 Å². The van der Waals surface area contributed by atoms with Gasteiger partial charge in [-0.2, -0.15) is 0 Å². The van der Waals surface area contributed by atoms with Crippen LogP contribution in [0.1, 0.15) is 23.0 Å². The van der Waals surface area contributed by atoms with Crippen molar-refractivity contribution < 1.29 is 18.7 Å². The quantitative estimate of drug-likeness (QED) is 0.657. The van der Waals surface area contributed by atoms with Crippen molar-refractivity contribution in [3.8, 4) is 5.75 Å². The molecule has 0 aliphatic heterocycles. The molecule has 1 heterocycles. The molecule has 0 saturated heterocycles. The van der Waals surface area contributed by atoms with Crippen molar-refractivity contribution in [2.75, 3.05) is 20.3 Å². The van der Waals surface area contributed by atoms with Crippen LogP contribution in [0, 0.1) is 5.82 Å². The summed E-state index contributed by atoms with van der Waals surface area (Å²) in [4.78, 5) is 12.8. The number of carbonyl (C=O) groups excluding carboxylic acids is 1. The van der Waals surface area contributed by atoms with E-state index in [9.17, 15) is 9.18 Å². The maximum absolute atomic E-state index is 13.0. The third-order valence-electron chi connectivity index (χ3n) is 4.32. The molecule has 1 N–H and O–H groups in total. The molecule has 0 spiro atoms. The second kappa shape index (κ2) is 8.68. The van der Waals surface area contributed by atoms with Crippen LogP contribution >= 0.6 is 0 Å². The van der Waals surface area contributed by atoms with E-state index < -0.39 is 0 Å². The summed E-state index contributed by atoms with van der Waals surface area (Å²) in [6.07, 6.45) is 0. The molecule has 3 rings (SSSR count). The number of nitrogens with one attached hydrogen (secondary N) is 1. The number of benzene rings is 2. The number of rotatable bonds is 8. The third-order valence-corrected chi connectivity index (χ3v) is 4.32. The molecule has 0 unspecified atom stereocenters. The molecule has 0 atom stereocenters. The Morgan fingerprint density at radius 1 is 1.19 bits per heavy atom. The molecule has 0 fully saturated rings. The number of aromatic nitrogens is 1. The molecule has 1 aromatic heterocycles. The van der Waals surface area contributed by atoms with Crippen LogP contribution in [0.2, 0.25) is 0 Å². The van der Waals surface area contributed by atoms with E-state index in [4.69, 9.17) is 9.47 Å². The van der Waals surface area contributed by atoms with Gasteiger partial charge in [-0.25, -0.2) is 4.39 Å². The Labute approximate surface area is 157 Å². The molecule has 3 aromatic rings. The largest absolute Gasteiger partial charge is 0.493 e. The van der Waals surface area contributed by atoms with E-state index in [2.05, 4.69) is 5.32 Å². The van der Waals surface area contributed by atoms with Gasteiger partial charge in [0.2, 0.25) is 0 Å². The molecule has 0 bridgehead atoms. The Kier molecular flexibility index (Phi) is 6.08. The van der Waals surface area contributed by atoms with Gasteiger partial charge in [0.1, 0.15) is 17.3 Å². The summed E-state index contributed by atoms with van der Waals surface area (Å²) in [5.41, 5.74) is 2.29. The number of hydrogen-bond donors (Lipinski definition) is 1. The fourth-order valence-corrected chi connectivity index (χ4v) is 3.03. The predicted octanol–water partition coefficient (Wildman–Crippen LogP) is 3.76. The van der Waals surface area contributed by atoms with Gasteiger partial charge >= 0.3 is 0 Å². The van der Waals surface area contributed by atoms with Gasteiger partial charge in [-0.05, 0) is 42.8 Å². The summed E-state index contributed by atoms with van der Waals surface area (Å²) >= 11 is 0. The maximum atomic E-state index is 13.0. The van der Waals surface area contributed by atoms with Crippen molar-refractivity contribution in [3.05, 3.63) is 65.6 Å². The molecule has 5 nitrogen and oxygen atoms in total. The van der Waals surface area contributed by atoms with Crippen molar-refractivity contribution in [2.45, 2.75) is 20.0 Å². The average Bonchev–Trinajstić information content (AvgIpc) is 3.05.